The molecule has 2 aliphatic heterocycles. The first-order valence-electron chi connectivity index (χ1n) is 10.4. The molecule has 0 radical (unpaired) electrons. The fourth-order valence-corrected chi connectivity index (χ4v) is 4.18. The van der Waals surface area contributed by atoms with Gasteiger partial charge < -0.3 is 19.7 Å². The zero-order valence-corrected chi connectivity index (χ0v) is 17.6. The van der Waals surface area contributed by atoms with Gasteiger partial charge in [-0.15, -0.1) is 0 Å². The predicted octanol–water partition coefficient (Wildman–Crippen LogP) is 4.90. The Bertz CT molecular complexity index is 987. The number of benzene rings is 2. The first-order chi connectivity index (χ1) is 14.3. The van der Waals surface area contributed by atoms with Gasteiger partial charge in [-0.05, 0) is 63.4 Å². The summed E-state index contributed by atoms with van der Waals surface area (Å²) in [7, 11) is 0. The van der Waals surface area contributed by atoms with Gasteiger partial charge in [-0.1, -0.05) is 23.8 Å². The van der Waals surface area contributed by atoms with Gasteiger partial charge in [-0.25, -0.2) is 0 Å². The van der Waals surface area contributed by atoms with Crippen molar-refractivity contribution in [1.29, 1.82) is 0 Å². The van der Waals surface area contributed by atoms with Crippen molar-refractivity contribution in [3.63, 3.8) is 0 Å². The molecule has 0 saturated heterocycles. The van der Waals surface area contributed by atoms with E-state index < -0.39 is 17.8 Å². The van der Waals surface area contributed by atoms with Crippen LogP contribution >= 0.6 is 0 Å². The highest BCUT2D eigenvalue weighted by atomic mass is 16.5. The highest BCUT2D eigenvalue weighted by Crippen LogP contribution is 2.46. The Morgan fingerprint density at radius 3 is 2.60 bits per heavy atom. The van der Waals surface area contributed by atoms with Crippen LogP contribution in [0.15, 0.2) is 48.0 Å². The minimum atomic E-state index is -0.699. The number of rotatable bonds is 4. The van der Waals surface area contributed by atoms with Crippen LogP contribution < -0.4 is 9.47 Å². The van der Waals surface area contributed by atoms with E-state index in [0.717, 1.165) is 17.5 Å². The van der Waals surface area contributed by atoms with Crippen LogP contribution in [0.3, 0.4) is 0 Å². The quantitative estimate of drug-likeness (QED) is 0.704. The number of aliphatic hydroxyl groups is 1. The molecule has 0 amide bonds. The third-order valence-electron chi connectivity index (χ3n) is 6.05. The molecule has 5 heteroatoms. The van der Waals surface area contributed by atoms with E-state index in [1.807, 2.05) is 13.0 Å². The second kappa shape index (κ2) is 7.80. The Kier molecular flexibility index (Phi) is 5.33. The van der Waals surface area contributed by atoms with Gasteiger partial charge in [0.1, 0.15) is 29.0 Å². The largest absolute Gasteiger partial charge is 0.508 e. The van der Waals surface area contributed by atoms with Gasteiger partial charge in [0.2, 0.25) is 0 Å². The second-order valence-corrected chi connectivity index (χ2v) is 8.70. The van der Waals surface area contributed by atoms with Gasteiger partial charge in [0.05, 0.1) is 18.1 Å². The number of ether oxygens (including phenoxy) is 2. The Morgan fingerprint density at radius 1 is 1.17 bits per heavy atom. The summed E-state index contributed by atoms with van der Waals surface area (Å²) in [5, 5.41) is 20.4. The molecule has 2 aromatic rings. The lowest BCUT2D eigenvalue weighted by Crippen LogP contribution is -2.49. The number of aliphatic hydroxyl groups excluding tert-OH is 1. The third-order valence-corrected chi connectivity index (χ3v) is 6.05. The smallest absolute Gasteiger partial charge is 0.170 e. The molecule has 2 aromatic carbocycles. The Balaban J connectivity index is 1.64. The second-order valence-electron chi connectivity index (χ2n) is 8.70. The summed E-state index contributed by atoms with van der Waals surface area (Å²) < 4.78 is 12.5. The fraction of sp³-hybridized carbons (Fsp3) is 0.400. The van der Waals surface area contributed by atoms with Crippen molar-refractivity contribution in [3.8, 4) is 17.2 Å². The van der Waals surface area contributed by atoms with E-state index in [0.29, 0.717) is 29.9 Å². The molecule has 2 aliphatic rings. The van der Waals surface area contributed by atoms with Crippen LogP contribution in [0.2, 0.25) is 0 Å². The van der Waals surface area contributed by atoms with Gasteiger partial charge in [-0.2, -0.15) is 0 Å². The maximum Gasteiger partial charge on any atom is 0.170 e. The van der Waals surface area contributed by atoms with E-state index in [1.165, 1.54) is 5.57 Å². The Labute approximate surface area is 177 Å². The predicted molar refractivity (Wildman–Crippen MR) is 114 cm³/mol. The molecule has 4 rings (SSSR count). The van der Waals surface area contributed by atoms with E-state index >= 15 is 0 Å². The number of carbonyl (C=O) groups excluding carboxylic acids is 1. The summed E-state index contributed by atoms with van der Waals surface area (Å²) in [5.74, 6) is 1.34. The monoisotopic (exact) mass is 408 g/mol. The van der Waals surface area contributed by atoms with Crippen molar-refractivity contribution in [3.05, 3.63) is 64.7 Å². The van der Waals surface area contributed by atoms with Crippen LogP contribution in [-0.4, -0.2) is 27.7 Å². The summed E-state index contributed by atoms with van der Waals surface area (Å²) >= 11 is 0. The number of Topliss-reactive ketones (excluding diaryl/α,β-unsaturated/α-hetero) is 1. The average Bonchev–Trinajstić information content (AvgIpc) is 2.69. The lowest BCUT2D eigenvalue weighted by atomic mass is 9.84. The van der Waals surface area contributed by atoms with Gasteiger partial charge in [0, 0.05) is 12.0 Å². The number of hydrogen-bond acceptors (Lipinski definition) is 5. The van der Waals surface area contributed by atoms with Crippen LogP contribution in [-0.2, 0) is 6.42 Å². The van der Waals surface area contributed by atoms with E-state index in [-0.39, 0.29) is 18.0 Å². The normalized spacial score (nSPS) is 24.9. The first-order valence-corrected chi connectivity index (χ1v) is 10.4. The van der Waals surface area contributed by atoms with E-state index in [2.05, 4.69) is 19.9 Å². The SMILES string of the molecule is CC(C)=CCCC1(C)Oc2ccc3c(c2CC1O)O[C@H](c1ccc(O)cc1)CC3=O. The number of aromatic hydroxyl groups is 1. The zero-order valence-electron chi connectivity index (χ0n) is 17.6. The third kappa shape index (κ3) is 3.82. The van der Waals surface area contributed by atoms with Crippen molar-refractivity contribution < 1.29 is 24.5 Å². The van der Waals surface area contributed by atoms with E-state index in [4.69, 9.17) is 9.47 Å². The summed E-state index contributed by atoms with van der Waals surface area (Å²) in [4.78, 5) is 12.8. The summed E-state index contributed by atoms with van der Waals surface area (Å²) in [5.41, 5.74) is 2.66. The maximum atomic E-state index is 12.8. The topological polar surface area (TPSA) is 76.0 Å². The summed E-state index contributed by atoms with van der Waals surface area (Å²) in [6, 6.07) is 10.3. The molecule has 0 fully saturated rings. The number of fused-ring (bicyclic) bond motifs is 3. The molecule has 0 aromatic heterocycles. The lowest BCUT2D eigenvalue weighted by Gasteiger charge is -2.41. The Morgan fingerprint density at radius 2 is 1.90 bits per heavy atom. The molecule has 0 aliphatic carbocycles. The number of hydrogen-bond donors (Lipinski definition) is 2. The van der Waals surface area contributed by atoms with E-state index in [9.17, 15) is 15.0 Å². The molecule has 5 nitrogen and oxygen atoms in total. The van der Waals surface area contributed by atoms with Crippen LogP contribution in [0.25, 0.3) is 0 Å². The zero-order chi connectivity index (χ0) is 21.5. The van der Waals surface area contributed by atoms with E-state index in [1.54, 1.807) is 30.3 Å². The fourth-order valence-electron chi connectivity index (χ4n) is 4.18. The molecule has 158 valence electrons. The van der Waals surface area contributed by atoms with Crippen molar-refractivity contribution in [1.82, 2.24) is 0 Å². The van der Waals surface area contributed by atoms with Gasteiger partial charge in [0.15, 0.2) is 5.78 Å². The van der Waals surface area contributed by atoms with Gasteiger partial charge >= 0.3 is 0 Å². The summed E-state index contributed by atoms with van der Waals surface area (Å²) in [6.07, 6.45) is 3.16. The molecule has 0 saturated carbocycles. The molecule has 3 atom stereocenters. The van der Waals surface area contributed by atoms with Crippen molar-refractivity contribution in [2.45, 2.75) is 64.3 Å². The number of carbonyl (C=O) groups is 1. The molecule has 2 heterocycles. The first kappa shape index (κ1) is 20.5. The van der Waals surface area contributed by atoms with Gasteiger partial charge in [0.25, 0.3) is 0 Å². The highest BCUT2D eigenvalue weighted by molar-refractivity contribution is 6.00. The number of phenols is 1. The maximum absolute atomic E-state index is 12.8. The number of ketones is 1. The van der Waals surface area contributed by atoms with Crippen LogP contribution in [0.4, 0.5) is 0 Å². The van der Waals surface area contributed by atoms with Crippen LogP contribution in [0.1, 0.15) is 67.6 Å². The van der Waals surface area contributed by atoms with Crippen molar-refractivity contribution >= 4 is 5.78 Å². The molecule has 2 N–H and O–H groups in total. The van der Waals surface area contributed by atoms with Crippen LogP contribution in [0, 0.1) is 0 Å². The van der Waals surface area contributed by atoms with Crippen molar-refractivity contribution in [2.75, 3.05) is 0 Å². The number of phenolic OH excluding ortho intramolecular Hbond substituents is 1. The standard InChI is InChI=1S/C25H28O5/c1-15(2)5-4-12-25(3)23(28)13-19-21(30-25)11-10-18-20(27)14-22(29-24(18)19)16-6-8-17(26)9-7-16/h5-11,22-23,26,28H,4,12-14H2,1-3H3/t22-,23?,25?/m0/s1. The number of allylic oxidation sites excluding steroid dienone is 2. The molecular formula is C25H28O5. The minimum Gasteiger partial charge on any atom is -0.508 e. The van der Waals surface area contributed by atoms with Gasteiger partial charge in [-0.3, -0.25) is 4.79 Å². The minimum absolute atomic E-state index is 0.00325. The molecular weight excluding hydrogens is 380 g/mol. The Hall–Kier alpha value is -2.79. The molecule has 2 unspecified atom stereocenters. The molecule has 0 bridgehead atoms. The molecule has 30 heavy (non-hydrogen) atoms. The van der Waals surface area contributed by atoms with Crippen LogP contribution in [0.5, 0.6) is 17.2 Å². The highest BCUT2D eigenvalue weighted by Gasteiger charge is 2.42. The van der Waals surface area contributed by atoms with Crippen molar-refractivity contribution in [2.24, 2.45) is 0 Å². The lowest BCUT2D eigenvalue weighted by molar-refractivity contribution is -0.0596. The molecule has 0 spiro atoms. The average molecular weight is 408 g/mol. The summed E-state index contributed by atoms with van der Waals surface area (Å²) in [6.45, 7) is 6.05.